The second-order valence-corrected chi connectivity index (χ2v) is 10.7. The Hall–Kier alpha value is -0.620. The second-order valence-electron chi connectivity index (χ2n) is 8.94. The molecule has 0 radical (unpaired) electrons. The molecule has 0 aliphatic heterocycles. The van der Waals surface area contributed by atoms with Crippen LogP contribution in [-0.4, -0.2) is 32.1 Å². The summed E-state index contributed by atoms with van der Waals surface area (Å²) < 4.78 is 36.6. The Balaban J connectivity index is 1.61. The zero-order valence-electron chi connectivity index (χ0n) is 16.9. The van der Waals surface area contributed by atoms with Gasteiger partial charge in [-0.05, 0) is 57.3 Å². The van der Waals surface area contributed by atoms with Crippen LogP contribution < -0.4 is 0 Å². The third kappa shape index (κ3) is 6.45. The summed E-state index contributed by atoms with van der Waals surface area (Å²) in [6.45, 7) is 2.61. The van der Waals surface area contributed by atoms with Crippen molar-refractivity contribution in [2.24, 2.45) is 17.0 Å². The lowest BCUT2D eigenvalue weighted by atomic mass is 9.86. The highest BCUT2D eigenvalue weighted by atomic mass is 32.2. The van der Waals surface area contributed by atoms with Gasteiger partial charge in [0.1, 0.15) is 0 Å². The Bertz CT molecular complexity index is 569. The fourth-order valence-corrected chi connectivity index (χ4v) is 5.94. The maximum Gasteiger partial charge on any atom is 0.331 e. The van der Waals surface area contributed by atoms with Crippen LogP contribution in [0.3, 0.4) is 0 Å². The highest BCUT2D eigenvalue weighted by Crippen LogP contribution is 2.30. The quantitative estimate of drug-likeness (QED) is 0.436. The SMILES string of the molecule is CC1CCC(S(=O)(=O)O/N=C(\COC2CCCCC2)C2CCCCC2)CC1. The highest BCUT2D eigenvalue weighted by Gasteiger charge is 2.32. The van der Waals surface area contributed by atoms with Crippen LogP contribution in [0, 0.1) is 11.8 Å². The molecule has 0 saturated heterocycles. The summed E-state index contributed by atoms with van der Waals surface area (Å²) in [7, 11) is -3.63. The second kappa shape index (κ2) is 10.2. The number of ether oxygens (including phenoxy) is 1. The first-order chi connectivity index (χ1) is 13.0. The van der Waals surface area contributed by atoms with Gasteiger partial charge in [0.2, 0.25) is 0 Å². The number of nitrogens with zero attached hydrogens (tertiary/aromatic N) is 1. The van der Waals surface area contributed by atoms with Gasteiger partial charge in [0.25, 0.3) is 0 Å². The molecule has 156 valence electrons. The highest BCUT2D eigenvalue weighted by molar-refractivity contribution is 7.87. The van der Waals surface area contributed by atoms with Crippen molar-refractivity contribution in [1.82, 2.24) is 0 Å². The molecule has 0 spiro atoms. The largest absolute Gasteiger partial charge is 0.372 e. The summed E-state index contributed by atoms with van der Waals surface area (Å²) in [6.07, 6.45) is 15.3. The molecule has 3 fully saturated rings. The normalized spacial score (nSPS) is 29.6. The van der Waals surface area contributed by atoms with Crippen molar-refractivity contribution in [3.05, 3.63) is 0 Å². The van der Waals surface area contributed by atoms with Gasteiger partial charge in [0, 0.05) is 5.92 Å². The zero-order chi connectivity index (χ0) is 19.1. The summed E-state index contributed by atoms with van der Waals surface area (Å²) in [5.41, 5.74) is 0.813. The number of oxime groups is 1. The summed E-state index contributed by atoms with van der Waals surface area (Å²) >= 11 is 0. The van der Waals surface area contributed by atoms with E-state index in [1.54, 1.807) is 0 Å². The van der Waals surface area contributed by atoms with Gasteiger partial charge in [-0.2, -0.15) is 8.42 Å². The fraction of sp³-hybridized carbons (Fsp3) is 0.952. The van der Waals surface area contributed by atoms with E-state index in [9.17, 15) is 8.42 Å². The van der Waals surface area contributed by atoms with Crippen molar-refractivity contribution in [1.29, 1.82) is 0 Å². The van der Waals surface area contributed by atoms with Crippen LogP contribution in [0.2, 0.25) is 0 Å². The van der Waals surface area contributed by atoms with E-state index in [0.29, 0.717) is 37.4 Å². The predicted octanol–water partition coefficient (Wildman–Crippen LogP) is 5.20. The van der Waals surface area contributed by atoms with E-state index >= 15 is 0 Å². The molecule has 0 amide bonds. The van der Waals surface area contributed by atoms with Gasteiger partial charge < -0.3 is 4.74 Å². The molecule has 5 nitrogen and oxygen atoms in total. The van der Waals surface area contributed by atoms with Gasteiger partial charge in [-0.15, -0.1) is 0 Å². The third-order valence-electron chi connectivity index (χ3n) is 6.73. The van der Waals surface area contributed by atoms with Crippen LogP contribution in [0.25, 0.3) is 0 Å². The summed E-state index contributed by atoms with van der Waals surface area (Å²) in [5.74, 6) is 0.922. The molecule has 3 saturated carbocycles. The third-order valence-corrected chi connectivity index (χ3v) is 8.30. The molecule has 0 N–H and O–H groups in total. The number of hydrogen-bond acceptors (Lipinski definition) is 5. The average molecular weight is 400 g/mol. The molecule has 0 unspecified atom stereocenters. The molecule has 0 aromatic heterocycles. The maximum atomic E-state index is 12.6. The Morgan fingerprint density at radius 2 is 1.44 bits per heavy atom. The van der Waals surface area contributed by atoms with Crippen molar-refractivity contribution in [2.45, 2.75) is 108 Å². The first kappa shape index (κ1) is 21.1. The molecular weight excluding hydrogens is 362 g/mol. The Morgan fingerprint density at radius 1 is 0.852 bits per heavy atom. The van der Waals surface area contributed by atoms with Gasteiger partial charge in [-0.25, -0.2) is 0 Å². The van der Waals surface area contributed by atoms with Crippen LogP contribution in [-0.2, 0) is 19.1 Å². The van der Waals surface area contributed by atoms with Crippen LogP contribution in [0.1, 0.15) is 96.8 Å². The van der Waals surface area contributed by atoms with Crippen molar-refractivity contribution >= 4 is 15.8 Å². The van der Waals surface area contributed by atoms with Gasteiger partial charge in [-0.1, -0.05) is 50.6 Å². The van der Waals surface area contributed by atoms with Crippen LogP contribution >= 0.6 is 0 Å². The molecule has 6 heteroatoms. The van der Waals surface area contributed by atoms with E-state index in [1.807, 2.05) is 0 Å². The molecule has 0 aromatic rings. The molecule has 0 bridgehead atoms. The lowest BCUT2D eigenvalue weighted by molar-refractivity contribution is 0.0499. The molecular formula is C21H37NO4S. The van der Waals surface area contributed by atoms with E-state index < -0.39 is 15.4 Å². The minimum atomic E-state index is -3.63. The van der Waals surface area contributed by atoms with Gasteiger partial charge in [0.15, 0.2) is 0 Å². The molecule has 0 aromatic carbocycles. The average Bonchev–Trinajstić information content (AvgIpc) is 2.70. The molecule has 27 heavy (non-hydrogen) atoms. The summed E-state index contributed by atoms with van der Waals surface area (Å²) in [6, 6.07) is 0. The monoisotopic (exact) mass is 399 g/mol. The Morgan fingerprint density at radius 3 is 2.07 bits per heavy atom. The van der Waals surface area contributed by atoms with E-state index in [0.717, 1.165) is 44.2 Å². The lowest BCUT2D eigenvalue weighted by Crippen LogP contribution is -2.30. The van der Waals surface area contributed by atoms with Crippen LogP contribution in [0.5, 0.6) is 0 Å². The van der Waals surface area contributed by atoms with Crippen molar-refractivity contribution in [2.75, 3.05) is 6.61 Å². The zero-order valence-corrected chi connectivity index (χ0v) is 17.7. The van der Waals surface area contributed by atoms with E-state index in [4.69, 9.17) is 9.02 Å². The number of rotatable bonds is 7. The van der Waals surface area contributed by atoms with Gasteiger partial charge >= 0.3 is 10.1 Å². The van der Waals surface area contributed by atoms with Crippen LogP contribution in [0.15, 0.2) is 5.16 Å². The predicted molar refractivity (Wildman–Crippen MR) is 108 cm³/mol. The Kier molecular flexibility index (Phi) is 8.00. The fourth-order valence-electron chi connectivity index (χ4n) is 4.77. The first-order valence-electron chi connectivity index (χ1n) is 11.2. The van der Waals surface area contributed by atoms with E-state index in [2.05, 4.69) is 12.1 Å². The maximum absolute atomic E-state index is 12.6. The van der Waals surface area contributed by atoms with Crippen LogP contribution in [0.4, 0.5) is 0 Å². The molecule has 3 aliphatic carbocycles. The van der Waals surface area contributed by atoms with E-state index in [1.165, 1.54) is 38.5 Å². The standard InChI is InChI=1S/C21H37NO4S/c1-17-12-14-20(15-13-17)27(23,24)26-22-21(18-8-4-2-5-9-18)16-25-19-10-6-3-7-11-19/h17-20H,2-16H2,1H3/b22-21+. The lowest BCUT2D eigenvalue weighted by Gasteiger charge is -2.27. The minimum absolute atomic E-state index is 0.295. The van der Waals surface area contributed by atoms with Gasteiger partial charge in [0.05, 0.1) is 23.7 Å². The minimum Gasteiger partial charge on any atom is -0.372 e. The van der Waals surface area contributed by atoms with E-state index in [-0.39, 0.29) is 0 Å². The van der Waals surface area contributed by atoms with Crippen molar-refractivity contribution < 1.29 is 17.4 Å². The number of hydrogen-bond donors (Lipinski definition) is 0. The Labute approximate surface area is 165 Å². The molecule has 0 heterocycles. The molecule has 3 rings (SSSR count). The molecule has 3 aliphatic rings. The first-order valence-corrected chi connectivity index (χ1v) is 12.6. The van der Waals surface area contributed by atoms with Gasteiger partial charge in [-0.3, -0.25) is 4.28 Å². The van der Waals surface area contributed by atoms with Crippen molar-refractivity contribution in [3.63, 3.8) is 0 Å². The topological polar surface area (TPSA) is 65.0 Å². The van der Waals surface area contributed by atoms with Crippen molar-refractivity contribution in [3.8, 4) is 0 Å². The summed E-state index contributed by atoms with van der Waals surface area (Å²) in [4.78, 5) is 0. The smallest absolute Gasteiger partial charge is 0.331 e. The molecule has 0 atom stereocenters. The summed E-state index contributed by atoms with van der Waals surface area (Å²) in [5, 5.41) is 3.80.